The van der Waals surface area contributed by atoms with Crippen LogP contribution in [0.3, 0.4) is 0 Å². The predicted octanol–water partition coefficient (Wildman–Crippen LogP) is 4.65. The van der Waals surface area contributed by atoms with Crippen LogP contribution in [0, 0.1) is 5.82 Å². The van der Waals surface area contributed by atoms with Crippen LogP contribution in [0.25, 0.3) is 0 Å². The van der Waals surface area contributed by atoms with Crippen molar-refractivity contribution in [3.63, 3.8) is 0 Å². The summed E-state index contributed by atoms with van der Waals surface area (Å²) < 4.78 is 13.3. The van der Waals surface area contributed by atoms with E-state index in [1.54, 1.807) is 0 Å². The fourth-order valence-electron chi connectivity index (χ4n) is 2.92. The number of nitrogens with one attached hydrogen (secondary N) is 1. The maximum atomic E-state index is 13.3. The zero-order valence-electron chi connectivity index (χ0n) is 11.2. The molecule has 0 aliphatic heterocycles. The Bertz CT molecular complexity index is 591. The van der Waals surface area contributed by atoms with Crippen LogP contribution >= 0.6 is 11.6 Å². The summed E-state index contributed by atoms with van der Waals surface area (Å²) in [4.78, 5) is 0. The van der Waals surface area contributed by atoms with Crippen molar-refractivity contribution in [3.8, 4) is 0 Å². The van der Waals surface area contributed by atoms with Gasteiger partial charge >= 0.3 is 0 Å². The summed E-state index contributed by atoms with van der Waals surface area (Å²) in [5.74, 6) is -0.279. The Hall–Kier alpha value is -1.38. The largest absolute Gasteiger partial charge is 0.306 e. The van der Waals surface area contributed by atoms with E-state index in [-0.39, 0.29) is 5.82 Å². The molecule has 0 fully saturated rings. The third kappa shape index (κ3) is 3.02. The molecule has 104 valence electrons. The number of halogens is 2. The predicted molar refractivity (Wildman–Crippen MR) is 80.4 cm³/mol. The van der Waals surface area contributed by atoms with Gasteiger partial charge in [0.05, 0.1) is 0 Å². The highest BCUT2D eigenvalue weighted by Gasteiger charge is 2.18. The van der Waals surface area contributed by atoms with Crippen LogP contribution in [0.5, 0.6) is 0 Å². The first-order chi connectivity index (χ1) is 9.72. The molecule has 0 bridgehead atoms. The van der Waals surface area contributed by atoms with E-state index in [1.165, 1.54) is 29.7 Å². The van der Waals surface area contributed by atoms with Crippen molar-refractivity contribution in [2.75, 3.05) is 0 Å². The molecule has 0 amide bonds. The monoisotopic (exact) mass is 289 g/mol. The average Bonchev–Trinajstić information content (AvgIpc) is 2.44. The number of aryl methyl sites for hydroxylation is 1. The number of fused-ring (bicyclic) bond motifs is 1. The first-order valence-electron chi connectivity index (χ1n) is 6.98. The van der Waals surface area contributed by atoms with Gasteiger partial charge in [0.2, 0.25) is 0 Å². The maximum absolute atomic E-state index is 13.3. The minimum absolute atomic E-state index is 0.279. The first-order valence-corrected chi connectivity index (χ1v) is 7.36. The summed E-state index contributed by atoms with van der Waals surface area (Å²) in [7, 11) is 0. The Labute approximate surface area is 123 Å². The van der Waals surface area contributed by atoms with Crippen molar-refractivity contribution in [2.24, 2.45) is 0 Å². The molecule has 3 rings (SSSR count). The molecule has 1 aliphatic rings. The van der Waals surface area contributed by atoms with E-state index in [0.29, 0.717) is 17.6 Å². The van der Waals surface area contributed by atoms with Crippen molar-refractivity contribution in [1.82, 2.24) is 5.32 Å². The van der Waals surface area contributed by atoms with Crippen molar-refractivity contribution in [2.45, 2.75) is 31.8 Å². The number of hydrogen-bond acceptors (Lipinski definition) is 1. The second-order valence-corrected chi connectivity index (χ2v) is 5.74. The van der Waals surface area contributed by atoms with E-state index in [9.17, 15) is 4.39 Å². The molecule has 2 aromatic carbocycles. The van der Waals surface area contributed by atoms with Gasteiger partial charge in [0.15, 0.2) is 0 Å². The van der Waals surface area contributed by atoms with Crippen molar-refractivity contribution in [1.29, 1.82) is 0 Å². The number of benzene rings is 2. The van der Waals surface area contributed by atoms with E-state index in [1.807, 2.05) is 6.07 Å². The third-order valence-corrected chi connectivity index (χ3v) is 4.06. The van der Waals surface area contributed by atoms with E-state index >= 15 is 0 Å². The lowest BCUT2D eigenvalue weighted by atomic mass is 9.87. The Morgan fingerprint density at radius 2 is 2.05 bits per heavy atom. The first kappa shape index (κ1) is 13.6. The van der Waals surface area contributed by atoms with Crippen LogP contribution in [-0.4, -0.2) is 0 Å². The Morgan fingerprint density at radius 1 is 1.20 bits per heavy atom. The number of rotatable bonds is 3. The lowest BCUT2D eigenvalue weighted by molar-refractivity contribution is 0.458. The lowest BCUT2D eigenvalue weighted by Gasteiger charge is -2.26. The molecule has 0 radical (unpaired) electrons. The van der Waals surface area contributed by atoms with Gasteiger partial charge in [-0.3, -0.25) is 0 Å². The molecule has 1 nitrogen and oxygen atoms in total. The summed E-state index contributed by atoms with van der Waals surface area (Å²) in [6.45, 7) is 0.635. The Balaban J connectivity index is 1.73. The fourth-order valence-corrected chi connectivity index (χ4v) is 3.16. The van der Waals surface area contributed by atoms with Crippen LogP contribution in [0.2, 0.25) is 5.02 Å². The van der Waals surface area contributed by atoms with Crippen LogP contribution in [0.15, 0.2) is 42.5 Å². The molecule has 1 N–H and O–H groups in total. The van der Waals surface area contributed by atoms with E-state index in [2.05, 4.69) is 29.6 Å². The zero-order chi connectivity index (χ0) is 13.9. The van der Waals surface area contributed by atoms with Crippen molar-refractivity contribution < 1.29 is 4.39 Å². The molecule has 1 atom stereocenters. The fraction of sp³-hybridized carbons (Fsp3) is 0.294. The van der Waals surface area contributed by atoms with Gasteiger partial charge in [-0.25, -0.2) is 4.39 Å². The van der Waals surface area contributed by atoms with Gasteiger partial charge in [0.1, 0.15) is 5.82 Å². The summed E-state index contributed by atoms with van der Waals surface area (Å²) in [6, 6.07) is 13.6. The number of hydrogen-bond donors (Lipinski definition) is 1. The van der Waals surface area contributed by atoms with Crippen molar-refractivity contribution in [3.05, 3.63) is 70.0 Å². The van der Waals surface area contributed by atoms with E-state index in [4.69, 9.17) is 11.6 Å². The van der Waals surface area contributed by atoms with Gasteiger partial charge in [-0.05, 0) is 54.2 Å². The molecule has 1 aliphatic carbocycles. The topological polar surface area (TPSA) is 12.0 Å². The lowest BCUT2D eigenvalue weighted by Crippen LogP contribution is -2.24. The quantitative estimate of drug-likeness (QED) is 0.867. The summed E-state index contributed by atoms with van der Waals surface area (Å²) in [6.07, 6.45) is 3.47. The maximum Gasteiger partial charge on any atom is 0.125 e. The highest BCUT2D eigenvalue weighted by Crippen LogP contribution is 2.29. The molecular weight excluding hydrogens is 273 g/mol. The second kappa shape index (κ2) is 5.94. The van der Waals surface area contributed by atoms with Crippen LogP contribution in [0.4, 0.5) is 4.39 Å². The minimum atomic E-state index is -0.279. The smallest absolute Gasteiger partial charge is 0.125 e. The summed E-state index contributed by atoms with van der Waals surface area (Å²) in [5.41, 5.74) is 3.69. The van der Waals surface area contributed by atoms with Gasteiger partial charge in [-0.2, -0.15) is 0 Å². The molecular formula is C17H17ClFN. The summed E-state index contributed by atoms with van der Waals surface area (Å²) >= 11 is 5.88. The highest BCUT2D eigenvalue weighted by atomic mass is 35.5. The van der Waals surface area contributed by atoms with Gasteiger partial charge in [0.25, 0.3) is 0 Å². The molecule has 0 saturated carbocycles. The molecule has 0 aromatic heterocycles. The van der Waals surface area contributed by atoms with Crippen LogP contribution < -0.4 is 5.32 Å². The third-order valence-electron chi connectivity index (χ3n) is 3.84. The van der Waals surface area contributed by atoms with Crippen LogP contribution in [-0.2, 0) is 13.0 Å². The second-order valence-electron chi connectivity index (χ2n) is 5.30. The van der Waals surface area contributed by atoms with Crippen LogP contribution in [0.1, 0.15) is 35.6 Å². The van der Waals surface area contributed by atoms with Gasteiger partial charge in [-0.15, -0.1) is 0 Å². The molecule has 1 unspecified atom stereocenters. The van der Waals surface area contributed by atoms with E-state index < -0.39 is 0 Å². The molecule has 0 heterocycles. The molecule has 3 heteroatoms. The molecule has 0 saturated heterocycles. The van der Waals surface area contributed by atoms with E-state index in [0.717, 1.165) is 18.4 Å². The van der Waals surface area contributed by atoms with Gasteiger partial charge in [-0.1, -0.05) is 35.9 Å². The minimum Gasteiger partial charge on any atom is -0.306 e. The normalized spacial score (nSPS) is 17.8. The van der Waals surface area contributed by atoms with Gasteiger partial charge in [0, 0.05) is 17.6 Å². The Kier molecular flexibility index (Phi) is 4.04. The average molecular weight is 290 g/mol. The Morgan fingerprint density at radius 3 is 2.90 bits per heavy atom. The van der Waals surface area contributed by atoms with Gasteiger partial charge < -0.3 is 5.32 Å². The standard InChI is InChI=1S/C17H17ClFN/c18-14-8-12(9-15(19)10-14)11-20-17-7-3-5-13-4-1-2-6-16(13)17/h1-2,4,6,8-10,17,20H,3,5,7,11H2. The van der Waals surface area contributed by atoms with Crippen molar-refractivity contribution >= 4 is 11.6 Å². The molecule has 20 heavy (non-hydrogen) atoms. The molecule has 2 aromatic rings. The SMILES string of the molecule is Fc1cc(Cl)cc(CNC2CCCc3ccccc32)c1. The highest BCUT2D eigenvalue weighted by molar-refractivity contribution is 6.30. The molecule has 0 spiro atoms. The summed E-state index contributed by atoms with van der Waals surface area (Å²) in [5, 5.41) is 3.97. The zero-order valence-corrected chi connectivity index (χ0v) is 12.0.